The van der Waals surface area contributed by atoms with Gasteiger partial charge in [0, 0.05) is 12.1 Å². The van der Waals surface area contributed by atoms with Gasteiger partial charge in [0.1, 0.15) is 69.0 Å². The summed E-state index contributed by atoms with van der Waals surface area (Å²) in [5.74, 6) is 6.11. The minimum atomic E-state index is 0.0880. The van der Waals surface area contributed by atoms with Crippen molar-refractivity contribution in [3.63, 3.8) is 0 Å². The van der Waals surface area contributed by atoms with Crippen LogP contribution in [0.15, 0.2) is 194 Å². The zero-order valence-corrected chi connectivity index (χ0v) is 37.6. The maximum absolute atomic E-state index is 9.11. The molecule has 12 heteroatoms. The Labute approximate surface area is 385 Å². The number of phenolic OH excluding ortho intramolecular Hbond substituents is 6. The molecule has 8 rings (SSSR count). The molecule has 0 aliphatic rings. The van der Waals surface area contributed by atoms with Crippen molar-refractivity contribution in [1.29, 1.82) is 0 Å². The quantitative estimate of drug-likeness (QED) is 0.0797. The van der Waals surface area contributed by atoms with Crippen LogP contribution < -0.4 is 28.4 Å². The summed E-state index contributed by atoms with van der Waals surface area (Å²) in [5.41, 5.74) is 4.37. The molecule has 0 saturated heterocycles. The molecule has 0 atom stereocenters. The molecule has 0 fully saturated rings. The third-order valence-electron chi connectivity index (χ3n) is 8.83. The lowest BCUT2D eigenvalue weighted by molar-refractivity contribution is 0.394. The molecule has 344 valence electrons. The summed E-state index contributed by atoms with van der Waals surface area (Å²) in [4.78, 5) is 0. The van der Waals surface area contributed by atoms with Crippen LogP contribution in [-0.4, -0.2) is 73.3 Å². The Morgan fingerprint density at radius 3 is 0.652 bits per heavy atom. The zero-order valence-electron chi connectivity index (χ0n) is 37.6. The van der Waals surface area contributed by atoms with Gasteiger partial charge in [-0.15, -0.1) is 0 Å². The molecule has 0 aliphatic carbocycles. The fraction of sp³-hybridized carbons (Fsp3) is 0.111. The number of methoxy groups -OCH3 is 6. The molecular formula is C54H56O12. The molecule has 0 spiro atoms. The number of hydrogen-bond donors (Lipinski definition) is 6. The van der Waals surface area contributed by atoms with Gasteiger partial charge in [-0.1, -0.05) is 60.7 Å². The van der Waals surface area contributed by atoms with E-state index in [0.29, 0.717) is 0 Å². The van der Waals surface area contributed by atoms with Crippen LogP contribution in [0.1, 0.15) is 0 Å². The van der Waals surface area contributed by atoms with E-state index in [4.69, 9.17) is 59.1 Å². The highest BCUT2D eigenvalue weighted by molar-refractivity contribution is 5.65. The van der Waals surface area contributed by atoms with Crippen molar-refractivity contribution in [3.8, 4) is 91.2 Å². The van der Waals surface area contributed by atoms with Gasteiger partial charge in [-0.3, -0.25) is 0 Å². The molecule has 0 unspecified atom stereocenters. The molecule has 8 aromatic rings. The summed E-state index contributed by atoms with van der Waals surface area (Å²) in [6.07, 6.45) is 0. The van der Waals surface area contributed by atoms with Crippen LogP contribution >= 0.6 is 0 Å². The van der Waals surface area contributed by atoms with Crippen molar-refractivity contribution in [3.05, 3.63) is 194 Å². The van der Waals surface area contributed by atoms with E-state index in [-0.39, 0.29) is 34.5 Å². The van der Waals surface area contributed by atoms with Crippen LogP contribution in [0.3, 0.4) is 0 Å². The van der Waals surface area contributed by atoms with Crippen LogP contribution in [0.25, 0.3) is 22.3 Å². The highest BCUT2D eigenvalue weighted by Crippen LogP contribution is 2.26. The van der Waals surface area contributed by atoms with E-state index < -0.39 is 0 Å². The van der Waals surface area contributed by atoms with Gasteiger partial charge in [0.05, 0.1) is 42.7 Å². The highest BCUT2D eigenvalue weighted by atomic mass is 16.5. The fourth-order valence-corrected chi connectivity index (χ4v) is 5.26. The molecule has 0 amide bonds. The van der Waals surface area contributed by atoms with Gasteiger partial charge in [0.2, 0.25) is 0 Å². The molecular weight excluding hydrogens is 841 g/mol. The molecule has 0 radical (unpaired) electrons. The van der Waals surface area contributed by atoms with Crippen molar-refractivity contribution < 1.29 is 59.1 Å². The Hall–Kier alpha value is -8.64. The first-order chi connectivity index (χ1) is 31.9. The van der Waals surface area contributed by atoms with Crippen molar-refractivity contribution in [2.24, 2.45) is 0 Å². The van der Waals surface area contributed by atoms with Gasteiger partial charge in [0.15, 0.2) is 0 Å². The lowest BCUT2D eigenvalue weighted by atomic mass is 10.1. The minimum Gasteiger partial charge on any atom is -0.508 e. The first kappa shape index (κ1) is 51.7. The molecule has 0 bridgehead atoms. The lowest BCUT2D eigenvalue weighted by Gasteiger charge is -2.05. The van der Waals surface area contributed by atoms with Crippen LogP contribution in [0, 0.1) is 0 Å². The number of hydrogen-bond acceptors (Lipinski definition) is 12. The summed E-state index contributed by atoms with van der Waals surface area (Å²) in [7, 11) is 9.89. The summed E-state index contributed by atoms with van der Waals surface area (Å²) < 4.78 is 30.1. The summed E-state index contributed by atoms with van der Waals surface area (Å²) in [6.45, 7) is 0. The normalized spacial score (nSPS) is 9.42. The van der Waals surface area contributed by atoms with Gasteiger partial charge in [0.25, 0.3) is 0 Å². The maximum Gasteiger partial charge on any atom is 0.122 e. The van der Waals surface area contributed by atoms with Gasteiger partial charge >= 0.3 is 0 Å². The van der Waals surface area contributed by atoms with E-state index >= 15 is 0 Å². The third-order valence-corrected chi connectivity index (χ3v) is 8.83. The van der Waals surface area contributed by atoms with Crippen LogP contribution in [0.5, 0.6) is 69.0 Å². The first-order valence-corrected chi connectivity index (χ1v) is 20.1. The van der Waals surface area contributed by atoms with E-state index in [1.165, 1.54) is 53.6 Å². The molecule has 12 nitrogen and oxygen atoms in total. The van der Waals surface area contributed by atoms with Crippen LogP contribution in [0.2, 0.25) is 0 Å². The second kappa shape index (κ2) is 28.9. The second-order valence-corrected chi connectivity index (χ2v) is 13.3. The topological polar surface area (TPSA) is 177 Å². The van der Waals surface area contributed by atoms with Crippen molar-refractivity contribution in [2.75, 3.05) is 42.7 Å². The molecule has 0 aliphatic heterocycles. The Bertz CT molecular complexity index is 2340. The number of phenols is 6. The van der Waals surface area contributed by atoms with E-state index in [9.17, 15) is 0 Å². The first-order valence-electron chi connectivity index (χ1n) is 20.1. The fourth-order valence-electron chi connectivity index (χ4n) is 5.26. The lowest BCUT2D eigenvalue weighted by Crippen LogP contribution is -1.84. The third kappa shape index (κ3) is 19.6. The Morgan fingerprint density at radius 1 is 0.212 bits per heavy atom. The van der Waals surface area contributed by atoms with Crippen molar-refractivity contribution in [2.45, 2.75) is 0 Å². The summed E-state index contributed by atoms with van der Waals surface area (Å²) in [6, 6.07) is 56.4. The number of rotatable bonds is 8. The van der Waals surface area contributed by atoms with Crippen LogP contribution in [-0.2, 0) is 0 Å². The van der Waals surface area contributed by atoms with Gasteiger partial charge in [-0.2, -0.15) is 0 Å². The van der Waals surface area contributed by atoms with Gasteiger partial charge < -0.3 is 59.1 Å². The van der Waals surface area contributed by atoms with E-state index in [1.54, 1.807) is 73.0 Å². The van der Waals surface area contributed by atoms with Gasteiger partial charge in [-0.05, 0) is 144 Å². The Morgan fingerprint density at radius 2 is 0.424 bits per heavy atom. The van der Waals surface area contributed by atoms with E-state index in [1.807, 2.05) is 121 Å². The van der Waals surface area contributed by atoms with E-state index in [2.05, 4.69) is 0 Å². The number of aromatic hydroxyl groups is 6. The Kier molecular flexibility index (Phi) is 22.6. The second-order valence-electron chi connectivity index (χ2n) is 13.3. The van der Waals surface area contributed by atoms with Crippen molar-refractivity contribution >= 4 is 0 Å². The predicted octanol–water partition coefficient (Wildman–Crippen LogP) is 11.7. The largest absolute Gasteiger partial charge is 0.508 e. The molecule has 6 N–H and O–H groups in total. The van der Waals surface area contributed by atoms with Crippen molar-refractivity contribution in [1.82, 2.24) is 0 Å². The molecule has 0 saturated carbocycles. The smallest absolute Gasteiger partial charge is 0.122 e. The monoisotopic (exact) mass is 896 g/mol. The Balaban J connectivity index is 0.000000214. The SMILES string of the molecule is COc1ccc(-c2ccc(OC)cc2)cc1.COc1ccc(OC)cc1.COc1cccc(OC)c1.Oc1ccc(-c2ccc(O)cc2)cc1.Oc1ccc(O)cc1.Oc1cccc(O)c1. The number of benzene rings is 8. The standard InChI is InChI=1S/C14H14O2.C12H10O2.2C8H10O2.2C6H6O2/c1-15-13-7-3-11(4-8-13)12-5-9-14(16-2)10-6-12;13-11-5-1-9(2-6-11)10-3-7-12(14)8-4-10;1-9-7-3-5-8(10-2)6-4-7;1-9-7-4-3-5-8(6-7)10-2;7-5-1-2-6(8)4-3-5;7-5-2-1-3-6(8)4-5/h3-10H,1-2H3;1-8,13-14H;2*3-6H,1-2H3;2*1-4,7-8H. The minimum absolute atomic E-state index is 0.0880. The average Bonchev–Trinajstić information content (AvgIpc) is 3.36. The van der Waals surface area contributed by atoms with Gasteiger partial charge in [-0.25, -0.2) is 0 Å². The number of ether oxygens (including phenoxy) is 6. The summed E-state index contributed by atoms with van der Waals surface area (Å²) in [5, 5.41) is 52.8. The highest BCUT2D eigenvalue weighted by Gasteiger charge is 2.00. The molecule has 0 aromatic heterocycles. The zero-order chi connectivity index (χ0) is 48.1. The molecule has 66 heavy (non-hydrogen) atoms. The predicted molar refractivity (Wildman–Crippen MR) is 259 cm³/mol. The summed E-state index contributed by atoms with van der Waals surface area (Å²) >= 11 is 0. The average molecular weight is 897 g/mol. The molecule has 8 aromatic carbocycles. The maximum atomic E-state index is 9.11. The van der Waals surface area contributed by atoms with E-state index in [0.717, 1.165) is 45.6 Å². The van der Waals surface area contributed by atoms with Crippen LogP contribution in [0.4, 0.5) is 0 Å². The molecule has 0 heterocycles.